The number of ether oxygens (including phenoxy) is 5. The van der Waals surface area contributed by atoms with Gasteiger partial charge >= 0.3 is 23.9 Å². The maximum Gasteiger partial charge on any atom is 0.305 e. The predicted molar refractivity (Wildman–Crippen MR) is 97.4 cm³/mol. The molecule has 1 aliphatic heterocycles. The normalized spacial score (nSPS) is 28.1. The van der Waals surface area contributed by atoms with Crippen molar-refractivity contribution in [2.75, 3.05) is 6.61 Å². The number of rotatable bonds is 8. The summed E-state index contributed by atoms with van der Waals surface area (Å²) in [6, 6.07) is -1.14. The fourth-order valence-electron chi connectivity index (χ4n) is 3.15. The molecule has 1 saturated carbocycles. The largest absolute Gasteiger partial charge is 0.463 e. The van der Waals surface area contributed by atoms with E-state index in [-0.39, 0.29) is 24.9 Å². The van der Waals surface area contributed by atoms with Crippen molar-refractivity contribution in [2.24, 2.45) is 5.92 Å². The number of hydrogen-bond acceptors (Lipinski definition) is 10. The molecule has 0 aromatic carbocycles. The first kappa shape index (κ1) is 23.6. The number of carbonyl (C=O) groups excluding carboxylic acids is 5. The predicted octanol–water partition coefficient (Wildman–Crippen LogP) is -0.0142. The molecule has 11 nitrogen and oxygen atoms in total. The highest BCUT2D eigenvalue weighted by Crippen LogP contribution is 2.33. The van der Waals surface area contributed by atoms with Crippen molar-refractivity contribution in [3.63, 3.8) is 0 Å². The SMILES string of the molecule is CC(=O)OC[C@H]1OC(OC(C)=O)[C@H](NC(=O)CC2CC2)[C@@H](OC(C)=O)[C@@H]1OC(C)=O. The summed E-state index contributed by atoms with van der Waals surface area (Å²) in [4.78, 5) is 58.7. The van der Waals surface area contributed by atoms with Crippen LogP contribution in [0.25, 0.3) is 0 Å². The first-order valence-electron chi connectivity index (χ1n) is 9.66. The van der Waals surface area contributed by atoms with Gasteiger partial charge in [-0.1, -0.05) is 0 Å². The van der Waals surface area contributed by atoms with E-state index in [4.69, 9.17) is 23.7 Å². The second kappa shape index (κ2) is 10.4. The van der Waals surface area contributed by atoms with Crippen LogP contribution in [-0.4, -0.2) is 67.0 Å². The molecule has 168 valence electrons. The molecule has 1 aliphatic carbocycles. The molecule has 1 N–H and O–H groups in total. The van der Waals surface area contributed by atoms with E-state index in [1.54, 1.807) is 0 Å². The van der Waals surface area contributed by atoms with Crippen LogP contribution in [0.3, 0.4) is 0 Å². The first-order valence-corrected chi connectivity index (χ1v) is 9.66. The lowest BCUT2D eigenvalue weighted by Crippen LogP contribution is -2.67. The first-order chi connectivity index (χ1) is 14.1. The van der Waals surface area contributed by atoms with Crippen molar-refractivity contribution in [1.29, 1.82) is 0 Å². The Kier molecular flexibility index (Phi) is 8.16. The summed E-state index contributed by atoms with van der Waals surface area (Å²) in [5.41, 5.74) is 0. The number of carbonyl (C=O) groups is 5. The summed E-state index contributed by atoms with van der Waals surface area (Å²) < 4.78 is 26.5. The van der Waals surface area contributed by atoms with Crippen LogP contribution in [-0.2, 0) is 47.7 Å². The third-order valence-corrected chi connectivity index (χ3v) is 4.48. The lowest BCUT2D eigenvalue weighted by Gasteiger charge is -2.44. The van der Waals surface area contributed by atoms with E-state index in [1.807, 2.05) is 0 Å². The molecule has 2 fully saturated rings. The van der Waals surface area contributed by atoms with E-state index in [0.717, 1.165) is 33.6 Å². The number of hydrogen-bond donors (Lipinski definition) is 1. The molecule has 1 heterocycles. The van der Waals surface area contributed by atoms with E-state index < -0.39 is 54.5 Å². The van der Waals surface area contributed by atoms with Crippen molar-refractivity contribution in [1.82, 2.24) is 5.32 Å². The Hall–Kier alpha value is -2.69. The monoisotopic (exact) mass is 429 g/mol. The summed E-state index contributed by atoms with van der Waals surface area (Å²) in [6.07, 6.45) is -2.79. The number of nitrogens with one attached hydrogen (secondary N) is 1. The second-order valence-electron chi connectivity index (χ2n) is 7.34. The van der Waals surface area contributed by atoms with E-state index in [1.165, 1.54) is 6.92 Å². The number of esters is 4. The van der Waals surface area contributed by atoms with Crippen molar-refractivity contribution in [2.45, 2.75) is 77.6 Å². The standard InChI is InChI=1S/C19H27NO10/c1-9(21)26-8-14-17(27-10(2)22)18(28-11(3)23)16(19(30-14)29-12(4)24)20-15(25)7-13-5-6-13/h13-14,16-19H,5-8H2,1-4H3,(H,20,25)/t14-,16-,17-,18-,19?/m1/s1. The maximum atomic E-state index is 12.4. The van der Waals surface area contributed by atoms with Gasteiger partial charge in [0.25, 0.3) is 0 Å². The van der Waals surface area contributed by atoms with E-state index in [2.05, 4.69) is 5.32 Å². The second-order valence-corrected chi connectivity index (χ2v) is 7.34. The molecule has 1 amide bonds. The van der Waals surface area contributed by atoms with Crippen LogP contribution in [0.2, 0.25) is 0 Å². The highest BCUT2D eigenvalue weighted by Gasteiger charge is 2.52. The van der Waals surface area contributed by atoms with Crippen LogP contribution in [0.15, 0.2) is 0 Å². The molecule has 1 unspecified atom stereocenters. The summed E-state index contributed by atoms with van der Waals surface area (Å²) in [6.45, 7) is 4.26. The zero-order valence-corrected chi connectivity index (χ0v) is 17.4. The molecule has 30 heavy (non-hydrogen) atoms. The van der Waals surface area contributed by atoms with Crippen LogP contribution in [0.5, 0.6) is 0 Å². The molecular formula is C19H27NO10. The van der Waals surface area contributed by atoms with Gasteiger partial charge in [0.05, 0.1) is 0 Å². The van der Waals surface area contributed by atoms with Gasteiger partial charge in [-0.3, -0.25) is 24.0 Å². The van der Waals surface area contributed by atoms with Crippen LogP contribution in [0.1, 0.15) is 47.0 Å². The maximum absolute atomic E-state index is 12.4. The van der Waals surface area contributed by atoms with Gasteiger partial charge in [0.1, 0.15) is 18.8 Å². The summed E-state index contributed by atoms with van der Waals surface area (Å²) in [5, 5.41) is 2.67. The molecule has 5 atom stereocenters. The van der Waals surface area contributed by atoms with Crippen molar-refractivity contribution in [3.05, 3.63) is 0 Å². The average Bonchev–Trinajstić information content (AvgIpc) is 3.41. The summed E-state index contributed by atoms with van der Waals surface area (Å²) in [5.74, 6) is -2.82. The summed E-state index contributed by atoms with van der Waals surface area (Å²) >= 11 is 0. The van der Waals surface area contributed by atoms with Crippen molar-refractivity contribution in [3.8, 4) is 0 Å². The van der Waals surface area contributed by atoms with Gasteiger partial charge in [0.2, 0.25) is 12.2 Å². The van der Waals surface area contributed by atoms with Crippen molar-refractivity contribution < 1.29 is 47.7 Å². The lowest BCUT2D eigenvalue weighted by molar-refractivity contribution is -0.271. The topological polar surface area (TPSA) is 144 Å². The van der Waals surface area contributed by atoms with E-state index >= 15 is 0 Å². The Morgan fingerprint density at radius 1 is 0.833 bits per heavy atom. The highest BCUT2D eigenvalue weighted by molar-refractivity contribution is 5.77. The third kappa shape index (κ3) is 7.29. The Labute approximate surface area is 173 Å². The Morgan fingerprint density at radius 3 is 1.90 bits per heavy atom. The molecule has 0 spiro atoms. The Bertz CT molecular complexity index is 689. The Morgan fingerprint density at radius 2 is 1.40 bits per heavy atom. The Balaban J connectivity index is 2.33. The fraction of sp³-hybridized carbons (Fsp3) is 0.737. The smallest absolute Gasteiger partial charge is 0.305 e. The molecule has 0 aromatic heterocycles. The van der Waals surface area contributed by atoms with Gasteiger partial charge in [-0.2, -0.15) is 0 Å². The van der Waals surface area contributed by atoms with Gasteiger partial charge in [-0.05, 0) is 18.8 Å². The minimum absolute atomic E-state index is 0.255. The fourth-order valence-corrected chi connectivity index (χ4v) is 3.15. The minimum Gasteiger partial charge on any atom is -0.463 e. The zero-order chi connectivity index (χ0) is 22.4. The van der Waals surface area contributed by atoms with Crippen LogP contribution < -0.4 is 5.32 Å². The highest BCUT2D eigenvalue weighted by atomic mass is 16.7. The number of amides is 1. The lowest BCUT2D eigenvalue weighted by atomic mass is 9.95. The van der Waals surface area contributed by atoms with Gasteiger partial charge in [0.15, 0.2) is 12.2 Å². The molecule has 1 saturated heterocycles. The quantitative estimate of drug-likeness (QED) is 0.413. The molecule has 2 rings (SSSR count). The van der Waals surface area contributed by atoms with Gasteiger partial charge in [-0.15, -0.1) is 0 Å². The third-order valence-electron chi connectivity index (χ3n) is 4.48. The van der Waals surface area contributed by atoms with E-state index in [0.29, 0.717) is 0 Å². The summed E-state index contributed by atoms with van der Waals surface area (Å²) in [7, 11) is 0. The average molecular weight is 429 g/mol. The molecule has 0 aromatic rings. The van der Waals surface area contributed by atoms with Gasteiger partial charge in [0, 0.05) is 34.1 Å². The molecular weight excluding hydrogens is 402 g/mol. The van der Waals surface area contributed by atoms with E-state index in [9.17, 15) is 24.0 Å². The molecule has 0 bridgehead atoms. The van der Waals surface area contributed by atoms with Crippen LogP contribution in [0.4, 0.5) is 0 Å². The van der Waals surface area contributed by atoms with Gasteiger partial charge < -0.3 is 29.0 Å². The minimum atomic E-state index is -1.36. The molecule has 11 heteroatoms. The van der Waals surface area contributed by atoms with Crippen LogP contribution in [0, 0.1) is 5.92 Å². The zero-order valence-electron chi connectivity index (χ0n) is 17.4. The van der Waals surface area contributed by atoms with Crippen molar-refractivity contribution >= 4 is 29.8 Å². The van der Waals surface area contributed by atoms with Crippen LogP contribution >= 0.6 is 0 Å². The molecule has 2 aliphatic rings. The van der Waals surface area contributed by atoms with Gasteiger partial charge in [-0.25, -0.2) is 0 Å². The molecule has 0 radical (unpaired) electrons.